The number of aromatic amines is 1. The van der Waals surface area contributed by atoms with E-state index < -0.39 is 12.0 Å². The lowest BCUT2D eigenvalue weighted by Crippen LogP contribution is -2.49. The van der Waals surface area contributed by atoms with E-state index in [1.165, 1.54) is 4.90 Å². The molecule has 5 rings (SSSR count). The Kier molecular flexibility index (Phi) is 5.31. The van der Waals surface area contributed by atoms with Crippen molar-refractivity contribution in [3.8, 4) is 17.3 Å². The maximum Gasteiger partial charge on any atom is 0.407 e. The third-order valence-corrected chi connectivity index (χ3v) is 6.15. The summed E-state index contributed by atoms with van der Waals surface area (Å²) >= 11 is 0. The molecule has 1 saturated heterocycles. The second kappa shape index (κ2) is 8.32. The number of nitrogens with zero attached hydrogens (tertiary/aromatic N) is 5. The summed E-state index contributed by atoms with van der Waals surface area (Å²) in [6.07, 6.45) is 1.53. The highest BCUT2D eigenvalue weighted by molar-refractivity contribution is 6.11. The number of fused-ring (bicyclic) bond motifs is 3. The lowest BCUT2D eigenvalue weighted by atomic mass is 9.97. The molecule has 4 aromatic rings. The molecule has 34 heavy (non-hydrogen) atoms. The van der Waals surface area contributed by atoms with Crippen molar-refractivity contribution < 1.29 is 19.4 Å². The topological polar surface area (TPSA) is 152 Å². The zero-order valence-corrected chi connectivity index (χ0v) is 18.9. The largest absolute Gasteiger partial charge is 0.491 e. The van der Waals surface area contributed by atoms with Crippen LogP contribution in [0.5, 0.6) is 5.75 Å². The summed E-state index contributed by atoms with van der Waals surface area (Å²) in [5.74, 6) is 0.743. The van der Waals surface area contributed by atoms with Crippen molar-refractivity contribution in [2.45, 2.75) is 26.8 Å². The molecule has 0 unspecified atom stereocenters. The van der Waals surface area contributed by atoms with Gasteiger partial charge in [0.25, 0.3) is 0 Å². The number of hydrogen-bond acceptors (Lipinski definition) is 6. The molecule has 4 N–H and O–H groups in total. The van der Waals surface area contributed by atoms with Gasteiger partial charge in [-0.3, -0.25) is 9.48 Å². The van der Waals surface area contributed by atoms with Crippen LogP contribution in [0.2, 0.25) is 0 Å². The standard InChI is InChI=1S/C23H25N7O4/c1-3-30-17(6-12(2)28-30)22-25-9-16-15-7-14(20(24)31)8-18(19(15)26-21(16)27-22)34-5-4-13-10-29(11-13)23(32)33/h6-9,13H,3-5,10-11H2,1-2H3,(H2,24,31)(H,32,33)(H,25,26,27). The first-order valence-corrected chi connectivity index (χ1v) is 11.1. The van der Waals surface area contributed by atoms with Gasteiger partial charge in [-0.05, 0) is 44.4 Å². The van der Waals surface area contributed by atoms with Crippen molar-refractivity contribution in [1.82, 2.24) is 29.6 Å². The molecular formula is C23H25N7O4. The van der Waals surface area contributed by atoms with Crippen LogP contribution in [0, 0.1) is 12.8 Å². The average molecular weight is 463 g/mol. The van der Waals surface area contributed by atoms with Crippen LogP contribution in [0.3, 0.4) is 0 Å². The van der Waals surface area contributed by atoms with Crippen LogP contribution in [-0.4, -0.2) is 66.4 Å². The van der Waals surface area contributed by atoms with Gasteiger partial charge >= 0.3 is 6.09 Å². The molecule has 0 radical (unpaired) electrons. The molecule has 176 valence electrons. The molecule has 0 aliphatic carbocycles. The maximum atomic E-state index is 12.0. The number of H-pyrrole nitrogens is 1. The van der Waals surface area contributed by atoms with Crippen LogP contribution in [-0.2, 0) is 6.54 Å². The van der Waals surface area contributed by atoms with Gasteiger partial charge in [-0.15, -0.1) is 0 Å². The summed E-state index contributed by atoms with van der Waals surface area (Å²) in [6, 6.07) is 5.27. The molecule has 3 aromatic heterocycles. The van der Waals surface area contributed by atoms with Crippen LogP contribution >= 0.6 is 0 Å². The third kappa shape index (κ3) is 3.78. The van der Waals surface area contributed by atoms with E-state index in [0.717, 1.165) is 22.2 Å². The molecular weight excluding hydrogens is 438 g/mol. The van der Waals surface area contributed by atoms with Crippen LogP contribution in [0.15, 0.2) is 24.4 Å². The van der Waals surface area contributed by atoms with Crippen LogP contribution in [0.4, 0.5) is 4.79 Å². The Balaban J connectivity index is 1.47. The highest BCUT2D eigenvalue weighted by Gasteiger charge is 2.30. The fraction of sp³-hybridized carbons (Fsp3) is 0.348. The quantitative estimate of drug-likeness (QED) is 0.381. The Morgan fingerprint density at radius 3 is 2.76 bits per heavy atom. The number of rotatable bonds is 7. The fourth-order valence-corrected chi connectivity index (χ4v) is 4.34. The lowest BCUT2D eigenvalue weighted by Gasteiger charge is -2.36. The molecule has 1 aromatic carbocycles. The van der Waals surface area contributed by atoms with E-state index in [1.807, 2.05) is 24.6 Å². The van der Waals surface area contributed by atoms with E-state index in [0.29, 0.717) is 61.0 Å². The minimum Gasteiger partial charge on any atom is -0.491 e. The number of likely N-dealkylation sites (tertiary alicyclic amines) is 1. The predicted molar refractivity (Wildman–Crippen MR) is 125 cm³/mol. The van der Waals surface area contributed by atoms with Crippen molar-refractivity contribution in [3.05, 3.63) is 35.7 Å². The summed E-state index contributed by atoms with van der Waals surface area (Å²) < 4.78 is 7.88. The maximum absolute atomic E-state index is 12.0. The Labute approximate surface area is 194 Å². The van der Waals surface area contributed by atoms with Gasteiger partial charge in [-0.1, -0.05) is 0 Å². The number of ether oxygens (including phenoxy) is 1. The Hall–Kier alpha value is -4.15. The van der Waals surface area contributed by atoms with Gasteiger partial charge < -0.3 is 25.5 Å². The Morgan fingerprint density at radius 2 is 2.06 bits per heavy atom. The van der Waals surface area contributed by atoms with E-state index in [-0.39, 0.29) is 5.92 Å². The smallest absolute Gasteiger partial charge is 0.407 e. The molecule has 0 atom stereocenters. The molecule has 0 bridgehead atoms. The second-order valence-electron chi connectivity index (χ2n) is 8.52. The summed E-state index contributed by atoms with van der Waals surface area (Å²) in [4.78, 5) is 36.8. The zero-order valence-electron chi connectivity index (χ0n) is 18.9. The molecule has 0 spiro atoms. The number of benzene rings is 1. The van der Waals surface area contributed by atoms with Crippen molar-refractivity contribution in [2.75, 3.05) is 19.7 Å². The summed E-state index contributed by atoms with van der Waals surface area (Å²) in [5, 5.41) is 14.9. The predicted octanol–water partition coefficient (Wildman–Crippen LogP) is 2.78. The van der Waals surface area contributed by atoms with Gasteiger partial charge in [0.05, 0.1) is 17.8 Å². The number of primary amides is 1. The van der Waals surface area contributed by atoms with Gasteiger partial charge in [-0.25, -0.2) is 14.8 Å². The monoisotopic (exact) mass is 463 g/mol. The van der Waals surface area contributed by atoms with Gasteiger partial charge in [0.2, 0.25) is 5.91 Å². The van der Waals surface area contributed by atoms with E-state index >= 15 is 0 Å². The number of nitrogens with two attached hydrogens (primary N) is 1. The summed E-state index contributed by atoms with van der Waals surface area (Å²) in [5.41, 5.74) is 8.92. The van der Waals surface area contributed by atoms with Gasteiger partial charge in [-0.2, -0.15) is 5.10 Å². The molecule has 1 fully saturated rings. The van der Waals surface area contributed by atoms with Gasteiger partial charge in [0.1, 0.15) is 17.1 Å². The molecule has 1 aliphatic heterocycles. The number of carboxylic acid groups (broad SMARTS) is 1. The molecule has 0 saturated carbocycles. The molecule has 11 heteroatoms. The van der Waals surface area contributed by atoms with Crippen molar-refractivity contribution >= 4 is 33.9 Å². The molecule has 1 aliphatic rings. The fourth-order valence-electron chi connectivity index (χ4n) is 4.34. The number of nitrogens with one attached hydrogen (secondary N) is 1. The van der Waals surface area contributed by atoms with E-state index in [2.05, 4.69) is 15.1 Å². The summed E-state index contributed by atoms with van der Waals surface area (Å²) in [6.45, 7) is 6.03. The summed E-state index contributed by atoms with van der Waals surface area (Å²) in [7, 11) is 0. The normalized spacial score (nSPS) is 14.0. The Morgan fingerprint density at radius 1 is 1.26 bits per heavy atom. The number of aryl methyl sites for hydroxylation is 2. The molecule has 2 amide bonds. The lowest BCUT2D eigenvalue weighted by molar-refractivity contribution is 0.0717. The number of hydrogen-bond donors (Lipinski definition) is 3. The van der Waals surface area contributed by atoms with Gasteiger partial charge in [0.15, 0.2) is 5.82 Å². The van der Waals surface area contributed by atoms with Crippen molar-refractivity contribution in [2.24, 2.45) is 11.7 Å². The Bertz CT molecular complexity index is 1420. The van der Waals surface area contributed by atoms with E-state index in [1.54, 1.807) is 18.3 Å². The second-order valence-corrected chi connectivity index (χ2v) is 8.52. The third-order valence-electron chi connectivity index (χ3n) is 6.15. The number of carbonyl (C=O) groups is 2. The highest BCUT2D eigenvalue weighted by Crippen LogP contribution is 2.33. The molecule has 11 nitrogen and oxygen atoms in total. The van der Waals surface area contributed by atoms with E-state index in [9.17, 15) is 9.59 Å². The first kappa shape index (κ1) is 21.7. The van der Waals surface area contributed by atoms with Crippen LogP contribution < -0.4 is 10.5 Å². The number of amides is 2. The first-order valence-electron chi connectivity index (χ1n) is 11.1. The SMILES string of the molecule is CCn1nc(C)cc1-c1ncc2c(n1)[nH]c1c(OCCC3CN(C(=O)O)C3)cc(C(N)=O)cc12. The minimum absolute atomic E-state index is 0.258. The first-order chi connectivity index (χ1) is 16.3. The zero-order chi connectivity index (χ0) is 24.0. The molecule has 4 heterocycles. The average Bonchev–Trinajstić information content (AvgIpc) is 3.34. The van der Waals surface area contributed by atoms with Crippen molar-refractivity contribution in [1.29, 1.82) is 0 Å². The van der Waals surface area contributed by atoms with Crippen molar-refractivity contribution in [3.63, 3.8) is 0 Å². The van der Waals surface area contributed by atoms with E-state index in [4.69, 9.17) is 20.6 Å². The number of aromatic nitrogens is 5. The minimum atomic E-state index is -0.899. The highest BCUT2D eigenvalue weighted by atomic mass is 16.5. The van der Waals surface area contributed by atoms with Gasteiger partial charge in [0, 0.05) is 42.2 Å². The van der Waals surface area contributed by atoms with Crippen LogP contribution in [0.1, 0.15) is 29.4 Å². The number of carbonyl (C=O) groups excluding carboxylic acids is 1. The van der Waals surface area contributed by atoms with Crippen LogP contribution in [0.25, 0.3) is 33.5 Å².